The van der Waals surface area contributed by atoms with Gasteiger partial charge in [-0.05, 0) is 75.0 Å². The molecule has 0 heterocycles. The van der Waals surface area contributed by atoms with Crippen molar-refractivity contribution in [1.29, 1.82) is 0 Å². The van der Waals surface area contributed by atoms with Crippen LogP contribution in [0.4, 0.5) is 0 Å². The molecule has 0 aliphatic heterocycles. The molecular weight excluding hydrogens is 282 g/mol. The van der Waals surface area contributed by atoms with E-state index in [0.29, 0.717) is 11.3 Å². The smallest absolute Gasteiger partial charge is 0.225 e. The topological polar surface area (TPSA) is 20.3 Å². The fraction of sp³-hybridized carbons (Fsp3) is 0.857. The van der Waals surface area contributed by atoms with Crippen LogP contribution in [0, 0.1) is 29.1 Å². The summed E-state index contributed by atoms with van der Waals surface area (Å²) < 4.78 is 0. The fourth-order valence-corrected chi connectivity index (χ4v) is 4.43. The molecule has 0 aromatic heterocycles. The minimum absolute atomic E-state index is 0.194. The summed E-state index contributed by atoms with van der Waals surface area (Å²) in [6.45, 7) is 11.0. The summed E-state index contributed by atoms with van der Waals surface area (Å²) >= 11 is 0. The van der Waals surface area contributed by atoms with Crippen molar-refractivity contribution in [2.75, 3.05) is 13.1 Å². The van der Waals surface area contributed by atoms with E-state index in [0.717, 1.165) is 37.3 Å². The van der Waals surface area contributed by atoms with Gasteiger partial charge >= 0.3 is 0 Å². The molecule has 0 radical (unpaired) electrons. The molecule has 3 aliphatic rings. The van der Waals surface area contributed by atoms with E-state index < -0.39 is 0 Å². The first-order chi connectivity index (χ1) is 10.9. The molecule has 2 nitrogen and oxygen atoms in total. The molecule has 130 valence electrons. The molecule has 23 heavy (non-hydrogen) atoms. The number of carbonyl (C=O) groups excluding carboxylic acids is 1. The van der Waals surface area contributed by atoms with E-state index >= 15 is 0 Å². The van der Waals surface area contributed by atoms with Crippen molar-refractivity contribution >= 4 is 5.91 Å². The molecule has 3 rings (SSSR count). The van der Waals surface area contributed by atoms with Crippen LogP contribution in [0.2, 0.25) is 0 Å². The van der Waals surface area contributed by atoms with E-state index in [-0.39, 0.29) is 5.92 Å². The Bertz CT molecular complexity index is 478. The molecule has 4 atom stereocenters. The van der Waals surface area contributed by atoms with Crippen molar-refractivity contribution in [3.05, 3.63) is 11.6 Å². The highest BCUT2D eigenvalue weighted by Gasteiger charge is 2.55. The van der Waals surface area contributed by atoms with Crippen LogP contribution in [-0.4, -0.2) is 23.9 Å². The first-order valence-corrected chi connectivity index (χ1v) is 9.88. The maximum absolute atomic E-state index is 12.7. The monoisotopic (exact) mass is 317 g/mol. The molecule has 0 aromatic rings. The van der Waals surface area contributed by atoms with E-state index in [1.54, 1.807) is 5.57 Å². The number of nitrogens with zero attached hydrogens (tertiary/aromatic N) is 1. The highest BCUT2D eigenvalue weighted by molar-refractivity contribution is 5.78. The van der Waals surface area contributed by atoms with Crippen LogP contribution in [0.5, 0.6) is 0 Å². The van der Waals surface area contributed by atoms with Crippen molar-refractivity contribution in [3.63, 3.8) is 0 Å². The fourth-order valence-electron chi connectivity index (χ4n) is 4.43. The quantitative estimate of drug-likeness (QED) is 0.602. The van der Waals surface area contributed by atoms with Crippen LogP contribution in [0.3, 0.4) is 0 Å². The lowest BCUT2D eigenvalue weighted by molar-refractivity contribution is -0.135. The van der Waals surface area contributed by atoms with Gasteiger partial charge in [0, 0.05) is 19.0 Å². The normalized spacial score (nSPS) is 34.7. The number of allylic oxidation sites excluding steroid dienone is 2. The van der Waals surface area contributed by atoms with E-state index in [2.05, 4.69) is 38.7 Å². The SMILES string of the molecule is CCC(C)C(=O)N(CC1CC1)CC1CC1(C)C1CC=C(C)CC1. The summed E-state index contributed by atoms with van der Waals surface area (Å²) in [6.07, 6.45) is 11.3. The molecule has 0 bridgehead atoms. The van der Waals surface area contributed by atoms with Gasteiger partial charge in [0.2, 0.25) is 5.91 Å². The Morgan fingerprint density at radius 1 is 1.35 bits per heavy atom. The molecule has 3 aliphatic carbocycles. The second-order valence-corrected chi connectivity index (χ2v) is 8.92. The summed E-state index contributed by atoms with van der Waals surface area (Å²) in [4.78, 5) is 15.0. The lowest BCUT2D eigenvalue weighted by atomic mass is 9.78. The van der Waals surface area contributed by atoms with Crippen molar-refractivity contribution in [2.24, 2.45) is 29.1 Å². The second-order valence-electron chi connectivity index (χ2n) is 8.92. The third kappa shape index (κ3) is 3.83. The average Bonchev–Trinajstić information content (AvgIpc) is 3.45. The van der Waals surface area contributed by atoms with Gasteiger partial charge in [0.1, 0.15) is 0 Å². The number of rotatable bonds is 7. The molecule has 2 saturated carbocycles. The van der Waals surface area contributed by atoms with Gasteiger partial charge in [-0.1, -0.05) is 32.4 Å². The Hall–Kier alpha value is -0.790. The summed E-state index contributed by atoms with van der Waals surface area (Å²) in [6, 6.07) is 0. The van der Waals surface area contributed by atoms with Crippen LogP contribution >= 0.6 is 0 Å². The predicted molar refractivity (Wildman–Crippen MR) is 96.1 cm³/mol. The number of amides is 1. The van der Waals surface area contributed by atoms with Gasteiger partial charge in [0.05, 0.1) is 0 Å². The lowest BCUT2D eigenvalue weighted by Crippen LogP contribution is -2.39. The minimum atomic E-state index is 0.194. The zero-order valence-electron chi connectivity index (χ0n) is 15.6. The van der Waals surface area contributed by atoms with Crippen molar-refractivity contribution in [1.82, 2.24) is 4.90 Å². The Balaban J connectivity index is 1.59. The third-order valence-corrected chi connectivity index (χ3v) is 6.99. The van der Waals surface area contributed by atoms with Gasteiger partial charge in [-0.25, -0.2) is 0 Å². The summed E-state index contributed by atoms with van der Waals surface area (Å²) in [5, 5.41) is 0. The molecule has 0 spiro atoms. The molecule has 0 N–H and O–H groups in total. The first kappa shape index (κ1) is 17.0. The van der Waals surface area contributed by atoms with Crippen LogP contribution in [0.15, 0.2) is 11.6 Å². The molecule has 2 heteroatoms. The number of hydrogen-bond acceptors (Lipinski definition) is 1. The van der Waals surface area contributed by atoms with Crippen LogP contribution in [-0.2, 0) is 4.79 Å². The van der Waals surface area contributed by atoms with Gasteiger partial charge in [0.25, 0.3) is 0 Å². The maximum Gasteiger partial charge on any atom is 0.225 e. The average molecular weight is 318 g/mol. The molecule has 0 aromatic carbocycles. The van der Waals surface area contributed by atoms with E-state index in [9.17, 15) is 4.79 Å². The number of hydrogen-bond donors (Lipinski definition) is 0. The summed E-state index contributed by atoms with van der Waals surface area (Å²) in [5.74, 6) is 2.99. The molecule has 1 amide bonds. The summed E-state index contributed by atoms with van der Waals surface area (Å²) in [5.41, 5.74) is 2.07. The van der Waals surface area contributed by atoms with Gasteiger partial charge in [0.15, 0.2) is 0 Å². The predicted octanol–water partition coefficient (Wildman–Crippen LogP) is 5.04. The zero-order chi connectivity index (χ0) is 16.6. The second kappa shape index (κ2) is 6.61. The highest BCUT2D eigenvalue weighted by atomic mass is 16.2. The highest BCUT2D eigenvalue weighted by Crippen LogP contribution is 2.61. The molecule has 0 saturated heterocycles. The first-order valence-electron chi connectivity index (χ1n) is 9.88. The van der Waals surface area contributed by atoms with E-state index in [4.69, 9.17) is 0 Å². The van der Waals surface area contributed by atoms with Crippen molar-refractivity contribution < 1.29 is 4.79 Å². The zero-order valence-corrected chi connectivity index (χ0v) is 15.6. The lowest BCUT2D eigenvalue weighted by Gasteiger charge is -2.30. The maximum atomic E-state index is 12.7. The Morgan fingerprint density at radius 3 is 2.65 bits per heavy atom. The van der Waals surface area contributed by atoms with Crippen LogP contribution in [0.1, 0.15) is 72.6 Å². The number of carbonyl (C=O) groups is 1. The Labute approximate surface area is 142 Å². The largest absolute Gasteiger partial charge is 0.342 e. The van der Waals surface area contributed by atoms with Gasteiger partial charge in [-0.3, -0.25) is 4.79 Å². The van der Waals surface area contributed by atoms with Crippen LogP contribution in [0.25, 0.3) is 0 Å². The minimum Gasteiger partial charge on any atom is -0.342 e. The van der Waals surface area contributed by atoms with Gasteiger partial charge < -0.3 is 4.90 Å². The van der Waals surface area contributed by atoms with E-state index in [1.165, 1.54) is 38.5 Å². The molecule has 2 fully saturated rings. The van der Waals surface area contributed by atoms with E-state index in [1.807, 2.05) is 0 Å². The Morgan fingerprint density at radius 2 is 2.09 bits per heavy atom. The van der Waals surface area contributed by atoms with Gasteiger partial charge in [-0.2, -0.15) is 0 Å². The standard InChI is InChI=1S/C21H35NO/c1-5-16(3)20(23)22(13-17-8-9-17)14-19-12-21(19,4)18-10-6-15(2)7-11-18/h6,16-19H,5,7-14H2,1-4H3. The molecule has 4 unspecified atom stereocenters. The summed E-state index contributed by atoms with van der Waals surface area (Å²) in [7, 11) is 0. The molecular formula is C21H35NO. The Kier molecular flexibility index (Phi) is 4.90. The van der Waals surface area contributed by atoms with Crippen LogP contribution < -0.4 is 0 Å². The van der Waals surface area contributed by atoms with Gasteiger partial charge in [-0.15, -0.1) is 0 Å². The van der Waals surface area contributed by atoms with Crippen molar-refractivity contribution in [3.8, 4) is 0 Å². The third-order valence-electron chi connectivity index (χ3n) is 6.99. The van der Waals surface area contributed by atoms with Crippen molar-refractivity contribution in [2.45, 2.75) is 72.6 Å².